The van der Waals surface area contributed by atoms with Crippen LogP contribution in [0.25, 0.3) is 11.3 Å². The number of aliphatic imine (C=N–C) groups is 1. The molecule has 1 heterocycles. The first kappa shape index (κ1) is 26.2. The van der Waals surface area contributed by atoms with E-state index in [0.29, 0.717) is 5.76 Å². The highest BCUT2D eigenvalue weighted by Gasteiger charge is 2.21. The van der Waals surface area contributed by atoms with Gasteiger partial charge in [0.15, 0.2) is 5.76 Å². The number of ether oxygens (including phenoxy) is 3. The zero-order valence-electron chi connectivity index (χ0n) is 21.4. The van der Waals surface area contributed by atoms with Gasteiger partial charge in [-0.1, -0.05) is 58.9 Å². The van der Waals surface area contributed by atoms with Gasteiger partial charge in [-0.15, -0.1) is 0 Å². The van der Waals surface area contributed by atoms with Crippen LogP contribution in [0.3, 0.4) is 0 Å². The third kappa shape index (κ3) is 6.94. The van der Waals surface area contributed by atoms with Gasteiger partial charge < -0.3 is 14.2 Å². The Morgan fingerprint density at radius 2 is 1.76 bits per heavy atom. The Morgan fingerprint density at radius 3 is 2.24 bits per heavy atom. The van der Waals surface area contributed by atoms with Crippen molar-refractivity contribution in [1.29, 1.82) is 0 Å². The van der Waals surface area contributed by atoms with Crippen LogP contribution < -0.4 is 0 Å². The summed E-state index contributed by atoms with van der Waals surface area (Å²) in [5.74, 6) is 0.749. The molecule has 0 aliphatic rings. The van der Waals surface area contributed by atoms with E-state index >= 15 is 0 Å². The van der Waals surface area contributed by atoms with Crippen LogP contribution >= 0.6 is 0 Å². The molecule has 0 bridgehead atoms. The maximum Gasteiger partial charge on any atom is 0.511 e. The summed E-state index contributed by atoms with van der Waals surface area (Å²) in [5, 5.41) is 4.53. The highest BCUT2D eigenvalue weighted by atomic mass is 16.8. The van der Waals surface area contributed by atoms with E-state index in [2.05, 4.69) is 55.1 Å². The third-order valence-corrected chi connectivity index (χ3v) is 5.22. The van der Waals surface area contributed by atoms with Crippen molar-refractivity contribution in [3.05, 3.63) is 52.3 Å². The van der Waals surface area contributed by atoms with Crippen LogP contribution in [0.4, 0.5) is 4.79 Å². The molecule has 0 radical (unpaired) electrons. The number of carbonyl (C=O) groups excluding carboxylic acids is 1. The molecule has 33 heavy (non-hydrogen) atoms. The minimum absolute atomic E-state index is 0.0422. The van der Waals surface area contributed by atoms with E-state index in [9.17, 15) is 4.79 Å². The molecule has 180 valence electrons. The highest BCUT2D eigenvalue weighted by Crippen LogP contribution is 2.31. The maximum atomic E-state index is 11.9. The molecule has 7 heteroatoms. The number of nitrogens with zero attached hydrogens (tertiary/aromatic N) is 3. The number of hydrogen-bond donors (Lipinski definition) is 0. The summed E-state index contributed by atoms with van der Waals surface area (Å²) in [6.45, 7) is 14.4. The summed E-state index contributed by atoms with van der Waals surface area (Å²) in [4.78, 5) is 16.2. The fourth-order valence-electron chi connectivity index (χ4n) is 3.31. The number of aromatic nitrogens is 2. The molecule has 0 N–H and O–H groups in total. The first-order chi connectivity index (χ1) is 15.5. The quantitative estimate of drug-likeness (QED) is 0.221. The topological polar surface area (TPSA) is 74.9 Å². The minimum atomic E-state index is -0.763. The summed E-state index contributed by atoms with van der Waals surface area (Å²) in [6, 6.07) is 8.32. The zero-order chi connectivity index (χ0) is 24.8. The van der Waals surface area contributed by atoms with E-state index in [1.807, 2.05) is 34.7 Å². The maximum absolute atomic E-state index is 11.9. The first-order valence-corrected chi connectivity index (χ1v) is 11.2. The van der Waals surface area contributed by atoms with Crippen molar-refractivity contribution in [3.8, 4) is 0 Å². The lowest BCUT2D eigenvalue weighted by atomic mass is 9.86. The number of aryl methyl sites for hydroxylation is 2. The van der Waals surface area contributed by atoms with Crippen LogP contribution in [0.5, 0.6) is 0 Å². The molecule has 1 aromatic carbocycles. The lowest BCUT2D eigenvalue weighted by molar-refractivity contribution is -0.00944. The smallest absolute Gasteiger partial charge is 0.454 e. The molecular formula is C26H37N3O4. The van der Waals surface area contributed by atoms with Crippen LogP contribution in [0, 0.1) is 19.8 Å². The third-order valence-electron chi connectivity index (χ3n) is 5.22. The average molecular weight is 456 g/mol. The molecule has 0 saturated heterocycles. The Balaban J connectivity index is 2.49. The van der Waals surface area contributed by atoms with Crippen LogP contribution in [0.1, 0.15) is 62.7 Å². The van der Waals surface area contributed by atoms with Crippen molar-refractivity contribution in [2.75, 3.05) is 20.4 Å². The fourth-order valence-corrected chi connectivity index (χ4v) is 3.31. The highest BCUT2D eigenvalue weighted by molar-refractivity contribution is 6.18. The monoisotopic (exact) mass is 455 g/mol. The minimum Gasteiger partial charge on any atom is -0.454 e. The number of allylic oxidation sites excluding steroid dienone is 1. The van der Waals surface area contributed by atoms with Gasteiger partial charge >= 0.3 is 6.16 Å². The molecular weight excluding hydrogens is 418 g/mol. The molecule has 0 spiro atoms. The summed E-state index contributed by atoms with van der Waals surface area (Å²) < 4.78 is 18.1. The Hall–Kier alpha value is -3.09. The number of carbonyl (C=O) groups is 1. The Bertz CT molecular complexity index is 1010. The second kappa shape index (κ2) is 11.2. The van der Waals surface area contributed by atoms with Gasteiger partial charge in [-0.2, -0.15) is 5.10 Å². The SMILES string of the molecule is C/N=C\C(=C(\OCOC(=O)OCC(C)C)c1c(C)c(C)nn1C)c1ccc(C(C)(C)C)cc1. The van der Waals surface area contributed by atoms with Crippen molar-refractivity contribution in [2.45, 2.75) is 53.9 Å². The molecule has 7 nitrogen and oxygen atoms in total. The van der Waals surface area contributed by atoms with Gasteiger partial charge in [0, 0.05) is 31.4 Å². The lowest BCUT2D eigenvalue weighted by Gasteiger charge is -2.20. The van der Waals surface area contributed by atoms with E-state index in [1.165, 1.54) is 5.56 Å². The van der Waals surface area contributed by atoms with E-state index in [-0.39, 0.29) is 24.7 Å². The van der Waals surface area contributed by atoms with Crippen molar-refractivity contribution < 1.29 is 19.0 Å². The van der Waals surface area contributed by atoms with Gasteiger partial charge in [0.2, 0.25) is 6.79 Å². The molecule has 0 saturated carbocycles. The first-order valence-electron chi connectivity index (χ1n) is 11.2. The Morgan fingerprint density at radius 1 is 1.12 bits per heavy atom. The van der Waals surface area contributed by atoms with Crippen molar-refractivity contribution in [1.82, 2.24) is 9.78 Å². The van der Waals surface area contributed by atoms with E-state index in [4.69, 9.17) is 14.2 Å². The number of hydrogen-bond acceptors (Lipinski definition) is 6. The average Bonchev–Trinajstić information content (AvgIpc) is 2.99. The zero-order valence-corrected chi connectivity index (χ0v) is 21.4. The van der Waals surface area contributed by atoms with Gasteiger partial charge in [-0.3, -0.25) is 9.67 Å². The van der Waals surface area contributed by atoms with Gasteiger partial charge in [-0.05, 0) is 36.3 Å². The molecule has 0 aliphatic carbocycles. The predicted molar refractivity (Wildman–Crippen MR) is 132 cm³/mol. The largest absolute Gasteiger partial charge is 0.511 e. The molecule has 2 rings (SSSR count). The Labute approximate surface area is 197 Å². The van der Waals surface area contributed by atoms with Gasteiger partial charge in [0.1, 0.15) is 5.69 Å². The van der Waals surface area contributed by atoms with Crippen molar-refractivity contribution >= 4 is 23.7 Å². The van der Waals surface area contributed by atoms with Crippen molar-refractivity contribution in [2.24, 2.45) is 18.0 Å². The van der Waals surface area contributed by atoms with Crippen LogP contribution in [-0.4, -0.2) is 42.6 Å². The normalized spacial score (nSPS) is 12.8. The molecule has 0 unspecified atom stereocenters. The van der Waals surface area contributed by atoms with Gasteiger partial charge in [0.25, 0.3) is 0 Å². The van der Waals surface area contributed by atoms with Crippen LogP contribution in [-0.2, 0) is 26.7 Å². The van der Waals surface area contributed by atoms with Gasteiger partial charge in [-0.25, -0.2) is 4.79 Å². The molecule has 0 fully saturated rings. The Kier molecular flexibility index (Phi) is 8.85. The molecule has 0 atom stereocenters. The summed E-state index contributed by atoms with van der Waals surface area (Å²) >= 11 is 0. The summed E-state index contributed by atoms with van der Waals surface area (Å²) in [7, 11) is 3.57. The second-order valence-corrected chi connectivity index (χ2v) is 9.50. The second-order valence-electron chi connectivity index (χ2n) is 9.50. The summed E-state index contributed by atoms with van der Waals surface area (Å²) in [5.41, 5.74) is 5.63. The summed E-state index contributed by atoms with van der Waals surface area (Å²) in [6.07, 6.45) is 0.988. The number of benzene rings is 1. The van der Waals surface area contributed by atoms with Crippen LogP contribution in [0.15, 0.2) is 29.3 Å². The molecule has 0 amide bonds. The van der Waals surface area contributed by atoms with Crippen LogP contribution in [0.2, 0.25) is 0 Å². The molecule has 0 aliphatic heterocycles. The molecule has 2 aromatic rings. The van der Waals surface area contributed by atoms with E-state index < -0.39 is 6.16 Å². The van der Waals surface area contributed by atoms with Crippen molar-refractivity contribution in [3.63, 3.8) is 0 Å². The van der Waals surface area contributed by atoms with E-state index in [1.54, 1.807) is 17.9 Å². The molecule has 1 aromatic heterocycles. The lowest BCUT2D eigenvalue weighted by Crippen LogP contribution is -2.15. The predicted octanol–water partition coefficient (Wildman–Crippen LogP) is 5.69. The van der Waals surface area contributed by atoms with E-state index in [0.717, 1.165) is 28.1 Å². The number of rotatable bonds is 8. The van der Waals surface area contributed by atoms with Gasteiger partial charge in [0.05, 0.1) is 12.3 Å². The standard InChI is InChI=1S/C26H37N3O4/c1-17(2)15-31-25(30)33-16-32-24(23-18(3)19(4)28-29(23)9)22(14-27-8)20-10-12-21(13-11-20)26(5,6)7/h10-14,17H,15-16H2,1-9H3/b24-22-,27-14-. The fraction of sp³-hybridized carbons (Fsp3) is 0.500.